The molecule has 0 spiro atoms. The van der Waals surface area contributed by atoms with Crippen LogP contribution in [0, 0.1) is 24.2 Å². The monoisotopic (exact) mass is 781 g/mol. The molecule has 55 heavy (non-hydrogen) atoms. The number of carboxylic acids is 1. The maximum Gasteiger partial charge on any atom is 0.345 e. The van der Waals surface area contributed by atoms with Gasteiger partial charge in [0.2, 0.25) is 11.8 Å². The van der Waals surface area contributed by atoms with E-state index in [0.29, 0.717) is 12.2 Å². The van der Waals surface area contributed by atoms with Crippen LogP contribution < -0.4 is 15.4 Å². The second-order valence-electron chi connectivity index (χ2n) is 16.7. The molecule has 2 amide bonds. The van der Waals surface area contributed by atoms with Crippen LogP contribution in [0.5, 0.6) is 5.75 Å². The van der Waals surface area contributed by atoms with Gasteiger partial charge in [-0.1, -0.05) is 63.2 Å². The molecule has 1 fully saturated rings. The zero-order chi connectivity index (χ0) is 41.1. The van der Waals surface area contributed by atoms with Crippen LogP contribution in [0.25, 0.3) is 0 Å². The van der Waals surface area contributed by atoms with Gasteiger partial charge in [-0.25, -0.2) is 4.79 Å². The van der Waals surface area contributed by atoms with Crippen molar-refractivity contribution >= 4 is 36.4 Å². The number of epoxide rings is 1. The maximum absolute atomic E-state index is 13.6. The van der Waals surface area contributed by atoms with Crippen molar-refractivity contribution in [2.75, 3.05) is 27.2 Å². The number of benzene rings is 2. The highest BCUT2D eigenvalue weighted by atomic mass is 32.1. The van der Waals surface area contributed by atoms with E-state index in [1.54, 1.807) is 21.0 Å². The van der Waals surface area contributed by atoms with Crippen LogP contribution in [0.15, 0.2) is 54.6 Å². The number of thiol groups is 1. The number of esters is 1. The molecular formula is C43H63N3O8S. The largest absolute Gasteiger partial charge is 0.496 e. The fourth-order valence-corrected chi connectivity index (χ4v) is 6.77. The number of hydrogen-bond donors (Lipinski definition) is 4. The molecule has 2 aromatic carbocycles. The summed E-state index contributed by atoms with van der Waals surface area (Å²) in [6, 6.07) is 13.2. The zero-order valence-corrected chi connectivity index (χ0v) is 35.2. The van der Waals surface area contributed by atoms with Crippen LogP contribution in [0.2, 0.25) is 0 Å². The first-order valence-corrected chi connectivity index (χ1v) is 19.6. The molecule has 304 valence electrons. The highest BCUT2D eigenvalue weighted by Crippen LogP contribution is 2.44. The Morgan fingerprint density at radius 1 is 1.04 bits per heavy atom. The predicted molar refractivity (Wildman–Crippen MR) is 218 cm³/mol. The van der Waals surface area contributed by atoms with E-state index in [-0.39, 0.29) is 48.2 Å². The number of methoxy groups -OCH3 is 1. The molecule has 1 aliphatic heterocycles. The summed E-state index contributed by atoms with van der Waals surface area (Å²) in [7, 11) is 3.69. The Morgan fingerprint density at radius 2 is 1.69 bits per heavy atom. The number of nitrogens with one attached hydrogen (secondary N) is 2. The van der Waals surface area contributed by atoms with Crippen molar-refractivity contribution in [1.29, 1.82) is 0 Å². The molecule has 5 atom stereocenters. The van der Waals surface area contributed by atoms with Crippen molar-refractivity contribution in [1.82, 2.24) is 15.5 Å². The SMILES string of the molecule is COc1ccc(C[C@@H](NC(=O)/C=C/CC[C@H](C)C2O[C@@H]2c2ccc(CN(C)CC(C)(C)S)cc2)C(=O)NCC(C)(C)C(=O)O[C@@H](CC(C)C)C(=O)O)cc1C. The Balaban J connectivity index is 1.56. The molecule has 12 heteroatoms. The smallest absolute Gasteiger partial charge is 0.345 e. The standard InChI is InChI=1S/C43H63N3O8S/c1-27(2)21-35(40(49)50)53-41(51)42(5,6)25-44-39(48)33(23-31-17-20-34(52-10)29(4)22-31)45-36(47)14-12-11-13-28(3)37-38(54-37)32-18-15-30(16-19-32)24-46(9)26-43(7,8)55/h12,14-20,22,27-28,33,35,37-38,55H,11,13,21,23-26H2,1-10H3,(H,44,48)(H,45,47)(H,49,50)/b14-12+/t28-,33+,35-,37?,38+/m0/s1. The number of amides is 2. The average Bonchev–Trinajstić information content (AvgIpc) is 3.89. The van der Waals surface area contributed by atoms with Crippen molar-refractivity contribution in [3.05, 3.63) is 76.9 Å². The number of rotatable bonds is 22. The van der Waals surface area contributed by atoms with E-state index >= 15 is 0 Å². The van der Waals surface area contributed by atoms with Gasteiger partial charge in [-0.3, -0.25) is 14.4 Å². The van der Waals surface area contributed by atoms with Gasteiger partial charge in [0.05, 0.1) is 18.6 Å². The van der Waals surface area contributed by atoms with Crippen molar-refractivity contribution in [2.45, 2.75) is 117 Å². The molecule has 2 aromatic rings. The van der Waals surface area contributed by atoms with Gasteiger partial charge in [0, 0.05) is 30.8 Å². The number of ether oxygens (including phenoxy) is 3. The van der Waals surface area contributed by atoms with Crippen LogP contribution in [-0.2, 0) is 41.6 Å². The van der Waals surface area contributed by atoms with Crippen molar-refractivity contribution in [2.24, 2.45) is 17.3 Å². The van der Waals surface area contributed by atoms with Gasteiger partial charge in [-0.2, -0.15) is 12.6 Å². The molecule has 0 saturated carbocycles. The molecule has 0 aliphatic carbocycles. The topological polar surface area (TPSA) is 147 Å². The molecule has 1 heterocycles. The molecule has 3 rings (SSSR count). The number of nitrogens with zero attached hydrogens (tertiary/aromatic N) is 1. The van der Waals surface area contributed by atoms with Crippen LogP contribution in [-0.4, -0.2) is 84.0 Å². The molecule has 1 saturated heterocycles. The normalized spacial score (nSPS) is 17.5. The lowest BCUT2D eigenvalue weighted by molar-refractivity contribution is -0.171. The summed E-state index contributed by atoms with van der Waals surface area (Å²) in [6.45, 7) is 16.7. The molecule has 3 N–H and O–H groups in total. The average molecular weight is 782 g/mol. The summed E-state index contributed by atoms with van der Waals surface area (Å²) in [5.74, 6) is -1.87. The number of carboxylic acid groups (broad SMARTS) is 1. The fraction of sp³-hybridized carbons (Fsp3) is 0.581. The van der Waals surface area contributed by atoms with Gasteiger partial charge in [0.25, 0.3) is 0 Å². The van der Waals surface area contributed by atoms with Crippen molar-refractivity contribution < 1.29 is 38.5 Å². The van der Waals surface area contributed by atoms with E-state index in [9.17, 15) is 24.3 Å². The Morgan fingerprint density at radius 3 is 2.27 bits per heavy atom. The van der Waals surface area contributed by atoms with Crippen LogP contribution >= 0.6 is 12.6 Å². The van der Waals surface area contributed by atoms with Crippen molar-refractivity contribution in [3.8, 4) is 5.75 Å². The third-order valence-corrected chi connectivity index (χ3v) is 9.70. The lowest BCUT2D eigenvalue weighted by Gasteiger charge is -2.27. The Hall–Kier alpha value is -3.87. The summed E-state index contributed by atoms with van der Waals surface area (Å²) >= 11 is 4.64. The third kappa shape index (κ3) is 15.3. The minimum atomic E-state index is -1.28. The van der Waals surface area contributed by atoms with E-state index in [1.165, 1.54) is 17.2 Å². The van der Waals surface area contributed by atoms with E-state index in [4.69, 9.17) is 14.2 Å². The van der Waals surface area contributed by atoms with E-state index < -0.39 is 41.3 Å². The molecule has 0 aromatic heterocycles. The van der Waals surface area contributed by atoms with Gasteiger partial charge >= 0.3 is 11.9 Å². The van der Waals surface area contributed by atoms with Crippen LogP contribution in [0.4, 0.5) is 0 Å². The van der Waals surface area contributed by atoms with Gasteiger partial charge in [-0.15, -0.1) is 0 Å². The number of allylic oxidation sites excluding steroid dienone is 1. The quantitative estimate of drug-likeness (QED) is 0.0457. The molecule has 11 nitrogen and oxygen atoms in total. The van der Waals surface area contributed by atoms with E-state index in [2.05, 4.69) is 80.2 Å². The first-order chi connectivity index (χ1) is 25.7. The second kappa shape index (κ2) is 20.3. The van der Waals surface area contributed by atoms with Crippen molar-refractivity contribution in [3.63, 3.8) is 0 Å². The van der Waals surface area contributed by atoms with Crippen LogP contribution in [0.3, 0.4) is 0 Å². The highest BCUT2D eigenvalue weighted by Gasteiger charge is 2.43. The Kier molecular flexibility index (Phi) is 16.8. The maximum atomic E-state index is 13.6. The van der Waals surface area contributed by atoms with E-state index in [0.717, 1.165) is 30.6 Å². The first-order valence-electron chi connectivity index (χ1n) is 19.2. The predicted octanol–water partition coefficient (Wildman–Crippen LogP) is 6.47. The third-order valence-electron chi connectivity index (χ3n) is 9.56. The number of aryl methyl sites for hydroxylation is 1. The lowest BCUT2D eigenvalue weighted by Crippen LogP contribution is -2.51. The molecular weight excluding hydrogens is 719 g/mol. The molecule has 0 radical (unpaired) electrons. The Bertz CT molecular complexity index is 1640. The number of carbonyl (C=O) groups excluding carboxylic acids is 3. The Labute approximate surface area is 333 Å². The minimum absolute atomic E-state index is 0.00269. The number of aliphatic carboxylic acids is 1. The van der Waals surface area contributed by atoms with Gasteiger partial charge in [0.1, 0.15) is 17.9 Å². The van der Waals surface area contributed by atoms with Gasteiger partial charge in [-0.05, 0) is 107 Å². The number of hydrogen-bond acceptors (Lipinski definition) is 9. The van der Waals surface area contributed by atoms with E-state index in [1.807, 2.05) is 45.0 Å². The molecule has 1 unspecified atom stereocenters. The summed E-state index contributed by atoms with van der Waals surface area (Å²) in [5, 5.41) is 15.1. The lowest BCUT2D eigenvalue weighted by atomic mass is 9.93. The fourth-order valence-electron chi connectivity index (χ4n) is 6.53. The molecule has 1 aliphatic rings. The van der Waals surface area contributed by atoms with Gasteiger partial charge < -0.3 is 34.9 Å². The number of carbonyl (C=O) groups is 4. The molecule has 0 bridgehead atoms. The first kappa shape index (κ1) is 45.5. The summed E-state index contributed by atoms with van der Waals surface area (Å²) in [5.41, 5.74) is 2.88. The summed E-state index contributed by atoms with van der Waals surface area (Å²) in [4.78, 5) is 53.6. The summed E-state index contributed by atoms with van der Waals surface area (Å²) < 4.78 is 16.7. The second-order valence-corrected chi connectivity index (χ2v) is 17.9. The summed E-state index contributed by atoms with van der Waals surface area (Å²) in [6.07, 6.45) is 4.01. The van der Waals surface area contributed by atoms with Crippen LogP contribution in [0.1, 0.15) is 96.1 Å². The zero-order valence-electron chi connectivity index (χ0n) is 34.3. The minimum Gasteiger partial charge on any atom is -0.496 e. The van der Waals surface area contributed by atoms with Gasteiger partial charge in [0.15, 0.2) is 6.10 Å². The highest BCUT2D eigenvalue weighted by molar-refractivity contribution is 7.81.